The summed E-state index contributed by atoms with van der Waals surface area (Å²) in [6, 6.07) is 10.2. The van der Waals surface area contributed by atoms with E-state index in [1.54, 1.807) is 0 Å². The summed E-state index contributed by atoms with van der Waals surface area (Å²) in [7, 11) is 1.99. The van der Waals surface area contributed by atoms with Gasteiger partial charge in [0.05, 0.1) is 6.20 Å². The predicted octanol–water partition coefficient (Wildman–Crippen LogP) is 4.09. The number of anilines is 1. The molecule has 7 heteroatoms. The number of nitrogens with one attached hydrogen (secondary N) is 1. The molecule has 1 heterocycles. The normalized spacial score (nSPS) is 13.4. The first kappa shape index (κ1) is 16.8. The highest BCUT2D eigenvalue weighted by Gasteiger charge is 2.33. The lowest BCUT2D eigenvalue weighted by atomic mass is 10.2. The summed E-state index contributed by atoms with van der Waals surface area (Å²) in [6.07, 6.45) is -3.46. The topological polar surface area (TPSA) is 28.2 Å². The standard InChI is InChI=1S/C15H18F3N3S/c1-11(21(2)10-12-6-4-3-5-7-12)8-19-14-20-9-13(22-14)15(16,17)18/h3-7,9,11H,8,10H2,1-2H3,(H,19,20). The van der Waals surface area contributed by atoms with E-state index in [0.717, 1.165) is 12.7 Å². The number of nitrogens with zero attached hydrogens (tertiary/aromatic N) is 2. The van der Waals surface area contributed by atoms with Gasteiger partial charge in [0.15, 0.2) is 5.13 Å². The molecule has 1 N–H and O–H groups in total. The number of likely N-dealkylation sites (N-methyl/N-ethyl adjacent to an activating group) is 1. The second-order valence-corrected chi connectivity index (χ2v) is 6.19. The lowest BCUT2D eigenvalue weighted by molar-refractivity contribution is -0.134. The molecule has 0 spiro atoms. The Hall–Kier alpha value is -1.60. The Bertz CT molecular complexity index is 583. The van der Waals surface area contributed by atoms with Gasteiger partial charge in [-0.15, -0.1) is 0 Å². The Morgan fingerprint density at radius 3 is 2.55 bits per heavy atom. The maximum Gasteiger partial charge on any atom is 0.427 e. The van der Waals surface area contributed by atoms with Crippen LogP contribution in [0, 0.1) is 0 Å². The minimum atomic E-state index is -4.33. The number of alkyl halides is 3. The highest BCUT2D eigenvalue weighted by molar-refractivity contribution is 7.15. The third kappa shape index (κ3) is 4.71. The van der Waals surface area contributed by atoms with Crippen molar-refractivity contribution in [2.75, 3.05) is 18.9 Å². The molecule has 0 bridgehead atoms. The molecular formula is C15H18F3N3S. The predicted molar refractivity (Wildman–Crippen MR) is 83.0 cm³/mol. The van der Waals surface area contributed by atoms with Crippen LogP contribution in [0.1, 0.15) is 17.4 Å². The lowest BCUT2D eigenvalue weighted by Crippen LogP contribution is -2.34. The number of thiazole rings is 1. The number of hydrogen-bond acceptors (Lipinski definition) is 4. The summed E-state index contributed by atoms with van der Waals surface area (Å²) in [5.41, 5.74) is 1.20. The molecule has 0 aliphatic heterocycles. The Kier molecular flexibility index (Phi) is 5.42. The zero-order valence-electron chi connectivity index (χ0n) is 12.4. The summed E-state index contributed by atoms with van der Waals surface area (Å²) in [5.74, 6) is 0. The zero-order valence-corrected chi connectivity index (χ0v) is 13.2. The van der Waals surface area contributed by atoms with Gasteiger partial charge in [0, 0.05) is 19.1 Å². The van der Waals surface area contributed by atoms with Crippen molar-refractivity contribution in [1.82, 2.24) is 9.88 Å². The number of rotatable bonds is 6. The summed E-state index contributed by atoms with van der Waals surface area (Å²) < 4.78 is 37.5. The van der Waals surface area contributed by atoms with Gasteiger partial charge in [-0.05, 0) is 19.5 Å². The molecule has 120 valence electrons. The van der Waals surface area contributed by atoms with E-state index in [1.807, 2.05) is 44.3 Å². The summed E-state index contributed by atoms with van der Waals surface area (Å²) >= 11 is 0.632. The maximum absolute atomic E-state index is 12.5. The fourth-order valence-electron chi connectivity index (χ4n) is 1.90. The average Bonchev–Trinajstić information content (AvgIpc) is 2.94. The van der Waals surface area contributed by atoms with E-state index in [-0.39, 0.29) is 6.04 Å². The van der Waals surface area contributed by atoms with E-state index in [2.05, 4.69) is 15.2 Å². The number of aromatic nitrogens is 1. The Labute approximate surface area is 131 Å². The molecule has 2 aromatic rings. The zero-order chi connectivity index (χ0) is 16.2. The number of halogens is 3. The molecule has 0 amide bonds. The number of benzene rings is 1. The fraction of sp³-hybridized carbons (Fsp3) is 0.400. The molecule has 0 aliphatic carbocycles. The molecule has 0 saturated carbocycles. The summed E-state index contributed by atoms with van der Waals surface area (Å²) in [6.45, 7) is 3.34. The van der Waals surface area contributed by atoms with Gasteiger partial charge in [-0.2, -0.15) is 13.2 Å². The first-order valence-corrected chi connectivity index (χ1v) is 7.69. The number of hydrogen-bond donors (Lipinski definition) is 1. The van der Waals surface area contributed by atoms with Gasteiger partial charge < -0.3 is 5.32 Å². The minimum Gasteiger partial charge on any atom is -0.360 e. The summed E-state index contributed by atoms with van der Waals surface area (Å²) in [4.78, 5) is 5.23. The third-order valence-electron chi connectivity index (χ3n) is 3.36. The van der Waals surface area contributed by atoms with Gasteiger partial charge in [0.2, 0.25) is 0 Å². The van der Waals surface area contributed by atoms with E-state index in [4.69, 9.17) is 0 Å². The molecule has 22 heavy (non-hydrogen) atoms. The smallest absolute Gasteiger partial charge is 0.360 e. The monoisotopic (exact) mass is 329 g/mol. The van der Waals surface area contributed by atoms with Crippen LogP contribution < -0.4 is 5.32 Å². The van der Waals surface area contributed by atoms with E-state index in [0.29, 0.717) is 23.0 Å². The van der Waals surface area contributed by atoms with Crippen molar-refractivity contribution in [3.63, 3.8) is 0 Å². The van der Waals surface area contributed by atoms with E-state index in [9.17, 15) is 13.2 Å². The van der Waals surface area contributed by atoms with E-state index >= 15 is 0 Å². The van der Waals surface area contributed by atoms with E-state index in [1.165, 1.54) is 5.56 Å². The molecule has 0 fully saturated rings. The molecule has 1 unspecified atom stereocenters. The third-order valence-corrected chi connectivity index (χ3v) is 4.36. The lowest BCUT2D eigenvalue weighted by Gasteiger charge is -2.24. The molecule has 1 atom stereocenters. The van der Waals surface area contributed by atoms with Gasteiger partial charge in [0.25, 0.3) is 0 Å². The van der Waals surface area contributed by atoms with Crippen LogP contribution in [0.5, 0.6) is 0 Å². The highest BCUT2D eigenvalue weighted by Crippen LogP contribution is 2.34. The van der Waals surface area contributed by atoms with E-state index < -0.39 is 11.1 Å². The van der Waals surface area contributed by atoms with Crippen molar-refractivity contribution in [3.05, 3.63) is 47.0 Å². The molecule has 1 aromatic heterocycles. The highest BCUT2D eigenvalue weighted by atomic mass is 32.1. The van der Waals surface area contributed by atoms with Crippen molar-refractivity contribution in [2.24, 2.45) is 0 Å². The molecular weight excluding hydrogens is 311 g/mol. The van der Waals surface area contributed by atoms with Crippen molar-refractivity contribution in [3.8, 4) is 0 Å². The SMILES string of the molecule is CC(CNc1ncc(C(F)(F)F)s1)N(C)Cc1ccccc1. The molecule has 3 nitrogen and oxygen atoms in total. The van der Waals surface area contributed by atoms with Crippen LogP contribution in [0.3, 0.4) is 0 Å². The van der Waals surface area contributed by atoms with Crippen LogP contribution in [-0.2, 0) is 12.7 Å². The largest absolute Gasteiger partial charge is 0.427 e. The van der Waals surface area contributed by atoms with Crippen LogP contribution in [0.15, 0.2) is 36.5 Å². The maximum atomic E-state index is 12.5. The Balaban J connectivity index is 1.84. The molecule has 0 radical (unpaired) electrons. The second kappa shape index (κ2) is 7.11. The van der Waals surface area contributed by atoms with Crippen molar-refractivity contribution >= 4 is 16.5 Å². The van der Waals surface area contributed by atoms with Crippen LogP contribution in [0.4, 0.5) is 18.3 Å². The first-order chi connectivity index (χ1) is 10.4. The van der Waals surface area contributed by atoms with Gasteiger partial charge in [-0.25, -0.2) is 4.98 Å². The van der Waals surface area contributed by atoms with Gasteiger partial charge in [-0.1, -0.05) is 41.7 Å². The minimum absolute atomic E-state index is 0.165. The van der Waals surface area contributed by atoms with Gasteiger partial charge >= 0.3 is 6.18 Å². The van der Waals surface area contributed by atoms with Crippen molar-refractivity contribution < 1.29 is 13.2 Å². The first-order valence-electron chi connectivity index (χ1n) is 6.87. The fourth-order valence-corrected chi connectivity index (χ4v) is 2.60. The Morgan fingerprint density at radius 1 is 1.27 bits per heavy atom. The molecule has 1 aromatic carbocycles. The molecule has 0 saturated heterocycles. The van der Waals surface area contributed by atoms with Crippen LogP contribution >= 0.6 is 11.3 Å². The quantitative estimate of drug-likeness (QED) is 0.865. The van der Waals surface area contributed by atoms with Crippen molar-refractivity contribution in [1.29, 1.82) is 0 Å². The Morgan fingerprint density at radius 2 is 1.95 bits per heavy atom. The molecule has 2 rings (SSSR count). The van der Waals surface area contributed by atoms with Crippen LogP contribution in [-0.4, -0.2) is 29.5 Å². The van der Waals surface area contributed by atoms with Crippen LogP contribution in [0.2, 0.25) is 0 Å². The molecule has 0 aliphatic rings. The second-order valence-electron chi connectivity index (χ2n) is 5.16. The van der Waals surface area contributed by atoms with Crippen molar-refractivity contribution in [2.45, 2.75) is 25.7 Å². The summed E-state index contributed by atoms with van der Waals surface area (Å²) in [5, 5.41) is 3.27. The van der Waals surface area contributed by atoms with Crippen LogP contribution in [0.25, 0.3) is 0 Å². The average molecular weight is 329 g/mol. The van der Waals surface area contributed by atoms with Gasteiger partial charge in [-0.3, -0.25) is 4.90 Å². The van der Waals surface area contributed by atoms with Gasteiger partial charge in [0.1, 0.15) is 4.88 Å².